The van der Waals surface area contributed by atoms with Gasteiger partial charge >= 0.3 is 0 Å². The van der Waals surface area contributed by atoms with E-state index in [1.54, 1.807) is 31.3 Å². The van der Waals surface area contributed by atoms with Gasteiger partial charge in [-0.3, -0.25) is 19.1 Å². The number of nitrogens with zero attached hydrogens (tertiary/aromatic N) is 5. The number of ether oxygens (including phenoxy) is 1. The van der Waals surface area contributed by atoms with E-state index < -0.39 is 5.56 Å². The van der Waals surface area contributed by atoms with Crippen molar-refractivity contribution in [3.8, 4) is 17.0 Å². The van der Waals surface area contributed by atoms with Crippen molar-refractivity contribution in [2.24, 2.45) is 7.05 Å². The van der Waals surface area contributed by atoms with Crippen LogP contribution in [0.2, 0.25) is 5.02 Å². The van der Waals surface area contributed by atoms with Gasteiger partial charge in [-0.2, -0.15) is 0 Å². The predicted octanol–water partition coefficient (Wildman–Crippen LogP) is 3.55. The van der Waals surface area contributed by atoms with E-state index in [-0.39, 0.29) is 23.6 Å². The number of ketones is 1. The molecule has 4 aromatic rings. The summed E-state index contributed by atoms with van der Waals surface area (Å²) >= 11 is 6.17. The van der Waals surface area contributed by atoms with E-state index in [0.717, 1.165) is 16.8 Å². The van der Waals surface area contributed by atoms with Crippen LogP contribution in [-0.4, -0.2) is 39.6 Å². The molecule has 4 rings (SSSR count). The molecule has 0 aliphatic heterocycles. The number of pyridine rings is 1. The molecule has 0 unspecified atom stereocenters. The first-order valence-electron chi connectivity index (χ1n) is 10.4. The lowest BCUT2D eigenvalue weighted by Gasteiger charge is -2.23. The molecule has 0 aliphatic rings. The molecular formula is C24H22ClN5O4. The maximum Gasteiger partial charge on any atom is 0.297 e. The summed E-state index contributed by atoms with van der Waals surface area (Å²) in [6.07, 6.45) is 4.50. The van der Waals surface area contributed by atoms with E-state index in [1.165, 1.54) is 24.1 Å². The number of rotatable bonds is 8. The van der Waals surface area contributed by atoms with Gasteiger partial charge in [-0.05, 0) is 23.8 Å². The zero-order chi connectivity index (χ0) is 24.2. The number of aromatic nitrogens is 4. The number of benzene rings is 1. The van der Waals surface area contributed by atoms with E-state index in [9.17, 15) is 9.59 Å². The van der Waals surface area contributed by atoms with Crippen LogP contribution in [-0.2, 0) is 20.0 Å². The zero-order valence-electron chi connectivity index (χ0n) is 18.9. The normalized spacial score (nSPS) is 10.8. The summed E-state index contributed by atoms with van der Waals surface area (Å²) in [6, 6.07) is 11.2. The number of methoxy groups -OCH3 is 1. The minimum Gasteiger partial charge on any atom is -0.489 e. The van der Waals surface area contributed by atoms with Gasteiger partial charge in [-0.1, -0.05) is 35.0 Å². The minimum absolute atomic E-state index is 0.0231. The summed E-state index contributed by atoms with van der Waals surface area (Å²) in [5.74, 6) is -0.184. The first-order chi connectivity index (χ1) is 16.4. The van der Waals surface area contributed by atoms with Gasteiger partial charge in [0.1, 0.15) is 6.26 Å². The van der Waals surface area contributed by atoms with E-state index in [0.29, 0.717) is 23.1 Å². The van der Waals surface area contributed by atoms with Gasteiger partial charge in [-0.15, -0.1) is 0 Å². The monoisotopic (exact) mass is 479 g/mol. The van der Waals surface area contributed by atoms with Crippen LogP contribution in [0.4, 0.5) is 5.95 Å². The lowest BCUT2D eigenvalue weighted by atomic mass is 10.1. The SMILES string of the molecule is COc1c(C(=O)Cc2cnoc2)nc(N(C)Cc2cccnc2-c2cccc(Cl)c2)n(C)c1=O. The number of carbonyl (C=O) groups excluding carboxylic acids is 1. The molecular weight excluding hydrogens is 458 g/mol. The van der Waals surface area contributed by atoms with Crippen LogP contribution in [0.1, 0.15) is 21.6 Å². The van der Waals surface area contributed by atoms with Gasteiger partial charge < -0.3 is 14.2 Å². The van der Waals surface area contributed by atoms with Gasteiger partial charge in [0.15, 0.2) is 11.5 Å². The molecule has 0 spiro atoms. The molecule has 9 nitrogen and oxygen atoms in total. The van der Waals surface area contributed by atoms with Crippen molar-refractivity contribution in [3.63, 3.8) is 0 Å². The summed E-state index contributed by atoms with van der Waals surface area (Å²) in [5.41, 5.74) is 2.60. The lowest BCUT2D eigenvalue weighted by molar-refractivity contribution is 0.0984. The smallest absolute Gasteiger partial charge is 0.297 e. The average Bonchev–Trinajstić information content (AvgIpc) is 3.34. The van der Waals surface area contributed by atoms with Crippen LogP contribution < -0.4 is 15.2 Å². The second kappa shape index (κ2) is 9.88. The highest BCUT2D eigenvalue weighted by Crippen LogP contribution is 2.26. The molecule has 34 heavy (non-hydrogen) atoms. The van der Waals surface area contributed by atoms with Gasteiger partial charge in [-0.25, -0.2) is 4.98 Å². The Bertz CT molecular complexity index is 1380. The topological polar surface area (TPSA) is 103 Å². The molecule has 3 aromatic heterocycles. The molecule has 3 heterocycles. The maximum atomic E-state index is 13.0. The van der Waals surface area contributed by atoms with Crippen molar-refractivity contribution >= 4 is 23.3 Å². The number of anilines is 1. The molecule has 0 saturated heterocycles. The van der Waals surface area contributed by atoms with Crippen LogP contribution in [0, 0.1) is 0 Å². The minimum atomic E-state index is -0.464. The largest absolute Gasteiger partial charge is 0.489 e. The molecule has 0 aliphatic carbocycles. The van der Waals surface area contributed by atoms with Gasteiger partial charge in [0, 0.05) is 49.4 Å². The Hall–Kier alpha value is -3.98. The summed E-state index contributed by atoms with van der Waals surface area (Å²) in [4.78, 5) is 36.8. The third kappa shape index (κ3) is 4.69. The standard InChI is InChI=1S/C24H22ClN5O4/c1-29(13-17-7-5-9-26-20(17)16-6-4-8-18(25)11-16)24-28-21(22(33-3)23(32)30(24)2)19(31)10-15-12-27-34-14-15/h4-9,11-12,14H,10,13H2,1-3H3. The maximum absolute atomic E-state index is 13.0. The second-order valence-electron chi connectivity index (χ2n) is 7.67. The van der Waals surface area contributed by atoms with Crippen molar-refractivity contribution in [1.82, 2.24) is 19.7 Å². The van der Waals surface area contributed by atoms with Crippen LogP contribution >= 0.6 is 11.6 Å². The Morgan fingerprint density at radius 1 is 1.26 bits per heavy atom. The molecule has 0 fully saturated rings. The first-order valence-corrected chi connectivity index (χ1v) is 10.7. The highest BCUT2D eigenvalue weighted by Gasteiger charge is 2.24. The Labute approximate surface area is 200 Å². The summed E-state index contributed by atoms with van der Waals surface area (Å²) in [6.45, 7) is 0.377. The fraction of sp³-hybridized carbons (Fsp3) is 0.208. The quantitative estimate of drug-likeness (QED) is 0.353. The molecule has 1 aromatic carbocycles. The molecule has 174 valence electrons. The predicted molar refractivity (Wildman–Crippen MR) is 127 cm³/mol. The lowest BCUT2D eigenvalue weighted by Crippen LogP contribution is -2.31. The van der Waals surface area contributed by atoms with E-state index in [2.05, 4.69) is 15.1 Å². The van der Waals surface area contributed by atoms with Gasteiger partial charge in [0.25, 0.3) is 5.56 Å². The van der Waals surface area contributed by atoms with Crippen molar-refractivity contribution in [3.05, 3.63) is 87.3 Å². The fourth-order valence-corrected chi connectivity index (χ4v) is 3.85. The third-order valence-electron chi connectivity index (χ3n) is 5.28. The van der Waals surface area contributed by atoms with Crippen LogP contribution in [0.15, 0.2) is 64.4 Å². The number of halogens is 1. The molecule has 0 atom stereocenters. The van der Waals surface area contributed by atoms with Crippen LogP contribution in [0.5, 0.6) is 5.75 Å². The van der Waals surface area contributed by atoms with Crippen molar-refractivity contribution in [2.45, 2.75) is 13.0 Å². The Kier molecular flexibility index (Phi) is 6.74. The Balaban J connectivity index is 1.71. The van der Waals surface area contributed by atoms with Crippen LogP contribution in [0.3, 0.4) is 0 Å². The third-order valence-corrected chi connectivity index (χ3v) is 5.52. The first kappa shape index (κ1) is 23.2. The van der Waals surface area contributed by atoms with E-state index in [4.69, 9.17) is 20.9 Å². The fourth-order valence-electron chi connectivity index (χ4n) is 3.66. The van der Waals surface area contributed by atoms with Crippen LogP contribution in [0.25, 0.3) is 11.3 Å². The number of hydrogen-bond acceptors (Lipinski definition) is 8. The molecule has 0 radical (unpaired) electrons. The van der Waals surface area contributed by atoms with Crippen molar-refractivity contribution < 1.29 is 14.1 Å². The van der Waals surface area contributed by atoms with E-state index >= 15 is 0 Å². The Morgan fingerprint density at radius 3 is 2.79 bits per heavy atom. The zero-order valence-corrected chi connectivity index (χ0v) is 19.6. The van der Waals surface area contributed by atoms with Crippen molar-refractivity contribution in [1.29, 1.82) is 0 Å². The highest BCUT2D eigenvalue weighted by molar-refractivity contribution is 6.30. The number of carbonyl (C=O) groups is 1. The Morgan fingerprint density at radius 2 is 2.09 bits per heavy atom. The molecule has 10 heteroatoms. The number of hydrogen-bond donors (Lipinski definition) is 0. The molecule has 0 saturated carbocycles. The molecule has 0 amide bonds. The number of Topliss-reactive ketones (excluding diaryl/α,β-unsaturated/α-hetero) is 1. The second-order valence-corrected chi connectivity index (χ2v) is 8.10. The average molecular weight is 480 g/mol. The summed E-state index contributed by atoms with van der Waals surface area (Å²) in [5, 5.41) is 4.22. The highest BCUT2D eigenvalue weighted by atomic mass is 35.5. The summed E-state index contributed by atoms with van der Waals surface area (Å²) in [7, 11) is 4.71. The van der Waals surface area contributed by atoms with Gasteiger partial charge in [0.05, 0.1) is 19.0 Å². The molecule has 0 N–H and O–H groups in total. The summed E-state index contributed by atoms with van der Waals surface area (Å²) < 4.78 is 11.4. The van der Waals surface area contributed by atoms with E-state index in [1.807, 2.05) is 30.3 Å². The van der Waals surface area contributed by atoms with Gasteiger partial charge in [0.2, 0.25) is 11.7 Å². The van der Waals surface area contributed by atoms with Crippen molar-refractivity contribution in [2.75, 3.05) is 19.1 Å². The molecule has 0 bridgehead atoms.